The van der Waals surface area contributed by atoms with Gasteiger partial charge in [-0.3, -0.25) is 0 Å². The quantitative estimate of drug-likeness (QED) is 0.156. The maximum absolute atomic E-state index is 4.99. The van der Waals surface area contributed by atoms with E-state index in [1.165, 1.54) is 66.8 Å². The zero-order valence-corrected chi connectivity index (χ0v) is 32.6. The highest BCUT2D eigenvalue weighted by molar-refractivity contribution is 5.88. The van der Waals surface area contributed by atoms with Crippen LogP contribution in [0.4, 0.5) is 0 Å². The average Bonchev–Trinajstić information content (AvgIpc) is 3.58. The molecule has 9 aromatic rings. The van der Waals surface area contributed by atoms with Gasteiger partial charge < -0.3 is 0 Å². The number of nitrogens with zero attached hydrogens (tertiary/aromatic N) is 3. The molecule has 0 fully saturated rings. The van der Waals surface area contributed by atoms with Gasteiger partial charge in [-0.2, -0.15) is 0 Å². The predicted octanol–water partition coefficient (Wildman–Crippen LogP) is 13.1. The molecule has 0 amide bonds. The molecule has 3 heteroatoms. The minimum atomic E-state index is -0.447. The molecular weight excluding hydrogens is 703 g/mol. The summed E-state index contributed by atoms with van der Waals surface area (Å²) in [6.07, 6.45) is 0.775. The Morgan fingerprint density at radius 2 is 0.793 bits per heavy atom. The summed E-state index contributed by atoms with van der Waals surface area (Å²) >= 11 is 0. The fourth-order valence-corrected chi connectivity index (χ4v) is 8.71. The Labute approximate surface area is 340 Å². The molecule has 0 spiro atoms. The molecule has 0 saturated heterocycles. The summed E-state index contributed by atoms with van der Waals surface area (Å²) in [6, 6.07) is 72.2. The molecule has 3 nitrogen and oxygen atoms in total. The van der Waals surface area contributed by atoms with Crippen molar-refractivity contribution < 1.29 is 0 Å². The number of aromatic nitrogens is 3. The van der Waals surface area contributed by atoms with Crippen LogP contribution in [0.5, 0.6) is 0 Å². The van der Waals surface area contributed by atoms with Gasteiger partial charge in [-0.15, -0.1) is 0 Å². The lowest BCUT2D eigenvalue weighted by Crippen LogP contribution is -2.28. The molecule has 10 rings (SSSR count). The zero-order valence-electron chi connectivity index (χ0n) is 32.6. The first-order chi connectivity index (χ1) is 28.5. The highest BCUT2D eigenvalue weighted by atomic mass is 15.0. The molecule has 0 radical (unpaired) electrons. The van der Waals surface area contributed by atoms with Gasteiger partial charge in [-0.05, 0) is 88.0 Å². The summed E-state index contributed by atoms with van der Waals surface area (Å²) in [4.78, 5) is 14.9. The second kappa shape index (κ2) is 14.7. The van der Waals surface area contributed by atoms with E-state index in [-0.39, 0.29) is 0 Å². The fraction of sp³-hybridized carbons (Fsp3) is 0.0727. The summed E-state index contributed by atoms with van der Waals surface area (Å²) < 4.78 is 0. The van der Waals surface area contributed by atoms with E-state index in [1.807, 2.05) is 60.7 Å². The molecule has 0 unspecified atom stereocenters. The molecule has 1 aliphatic rings. The Morgan fingerprint density at radius 1 is 0.345 bits per heavy atom. The monoisotopic (exact) mass is 743 g/mol. The standard InChI is InChI=1S/C55H41N3/c1-37-23-28-46(29-24-37)55(47-30-25-38(2)26-31-47)50-22-10-9-21-48(50)49-32-27-44(36-51(49)55)43-19-11-13-39(34-43)33-40-14-12-20-45(35-40)54-57-52(41-15-5-3-6-16-41)56-53(58-54)42-17-7-4-8-18-42/h3-32,34-36H,33H2,1-2H3. The van der Waals surface area contributed by atoms with Gasteiger partial charge in [-0.25, -0.2) is 15.0 Å². The Balaban J connectivity index is 1.03. The van der Waals surface area contributed by atoms with Crippen molar-refractivity contribution in [2.24, 2.45) is 0 Å². The van der Waals surface area contributed by atoms with Crippen molar-refractivity contribution in [3.8, 4) is 56.4 Å². The number of hydrogen-bond donors (Lipinski definition) is 0. The van der Waals surface area contributed by atoms with Crippen LogP contribution in [0.25, 0.3) is 56.4 Å². The SMILES string of the molecule is Cc1ccc(C2(c3ccc(C)cc3)c3ccccc3-c3ccc(-c4cccc(Cc5cccc(-c6nc(-c7ccccc7)nc(-c7ccccc7)n6)c5)c4)cc32)cc1. The summed E-state index contributed by atoms with van der Waals surface area (Å²) in [5.74, 6) is 1.98. The van der Waals surface area contributed by atoms with Crippen molar-refractivity contribution >= 4 is 0 Å². The topological polar surface area (TPSA) is 38.7 Å². The molecule has 0 saturated carbocycles. The third-order valence-electron chi connectivity index (χ3n) is 11.6. The third kappa shape index (κ3) is 6.31. The van der Waals surface area contributed by atoms with Crippen LogP contribution in [0.15, 0.2) is 200 Å². The number of benzene rings is 8. The summed E-state index contributed by atoms with van der Waals surface area (Å²) in [6.45, 7) is 4.33. The minimum Gasteiger partial charge on any atom is -0.208 e. The normalized spacial score (nSPS) is 12.5. The first-order valence-corrected chi connectivity index (χ1v) is 20.0. The smallest absolute Gasteiger partial charge is 0.164 e. The highest BCUT2D eigenvalue weighted by Gasteiger charge is 2.46. The fourth-order valence-electron chi connectivity index (χ4n) is 8.71. The van der Waals surface area contributed by atoms with E-state index in [1.54, 1.807) is 0 Å². The van der Waals surface area contributed by atoms with Crippen molar-refractivity contribution in [1.29, 1.82) is 0 Å². The van der Waals surface area contributed by atoms with Crippen LogP contribution < -0.4 is 0 Å². The van der Waals surface area contributed by atoms with Gasteiger partial charge in [0.05, 0.1) is 5.41 Å². The molecule has 276 valence electrons. The molecule has 0 N–H and O–H groups in total. The lowest BCUT2D eigenvalue weighted by Gasteiger charge is -2.34. The molecule has 1 heterocycles. The first kappa shape index (κ1) is 35.2. The third-order valence-corrected chi connectivity index (χ3v) is 11.6. The van der Waals surface area contributed by atoms with Gasteiger partial charge in [-0.1, -0.05) is 199 Å². The van der Waals surface area contributed by atoms with E-state index in [2.05, 4.69) is 153 Å². The van der Waals surface area contributed by atoms with Gasteiger partial charge >= 0.3 is 0 Å². The van der Waals surface area contributed by atoms with Crippen LogP contribution >= 0.6 is 0 Å². The predicted molar refractivity (Wildman–Crippen MR) is 238 cm³/mol. The molecular formula is C55H41N3. The highest BCUT2D eigenvalue weighted by Crippen LogP contribution is 2.56. The van der Waals surface area contributed by atoms with Crippen molar-refractivity contribution in [2.45, 2.75) is 25.7 Å². The van der Waals surface area contributed by atoms with E-state index in [9.17, 15) is 0 Å². The number of hydrogen-bond acceptors (Lipinski definition) is 3. The van der Waals surface area contributed by atoms with E-state index >= 15 is 0 Å². The van der Waals surface area contributed by atoms with Crippen LogP contribution in [-0.2, 0) is 11.8 Å². The molecule has 0 aliphatic heterocycles. The molecule has 58 heavy (non-hydrogen) atoms. The summed E-state index contributed by atoms with van der Waals surface area (Å²) in [5.41, 5.74) is 17.6. The van der Waals surface area contributed by atoms with Crippen LogP contribution in [0.1, 0.15) is 44.5 Å². The van der Waals surface area contributed by atoms with Crippen LogP contribution in [0, 0.1) is 13.8 Å². The molecule has 8 aromatic carbocycles. The van der Waals surface area contributed by atoms with Crippen molar-refractivity contribution in [2.75, 3.05) is 0 Å². The lowest BCUT2D eigenvalue weighted by atomic mass is 9.67. The van der Waals surface area contributed by atoms with E-state index in [4.69, 9.17) is 15.0 Å². The van der Waals surface area contributed by atoms with Gasteiger partial charge in [0.1, 0.15) is 0 Å². The van der Waals surface area contributed by atoms with E-state index in [0.29, 0.717) is 17.5 Å². The van der Waals surface area contributed by atoms with Gasteiger partial charge in [0.15, 0.2) is 17.5 Å². The van der Waals surface area contributed by atoms with Crippen molar-refractivity contribution in [3.05, 3.63) is 245 Å². The van der Waals surface area contributed by atoms with Crippen LogP contribution in [0.3, 0.4) is 0 Å². The van der Waals surface area contributed by atoms with Gasteiger partial charge in [0.25, 0.3) is 0 Å². The Morgan fingerprint density at radius 3 is 1.38 bits per heavy atom. The zero-order chi connectivity index (χ0) is 39.1. The Bertz CT molecular complexity index is 2810. The number of aryl methyl sites for hydroxylation is 2. The van der Waals surface area contributed by atoms with Crippen molar-refractivity contribution in [1.82, 2.24) is 15.0 Å². The number of rotatable bonds is 8. The first-order valence-electron chi connectivity index (χ1n) is 20.0. The second-order valence-electron chi connectivity index (χ2n) is 15.4. The Hall–Kier alpha value is -7.23. The summed E-state index contributed by atoms with van der Waals surface area (Å²) in [5, 5.41) is 0. The molecule has 0 atom stereocenters. The van der Waals surface area contributed by atoms with Crippen molar-refractivity contribution in [3.63, 3.8) is 0 Å². The Kier molecular flexibility index (Phi) is 8.92. The minimum absolute atomic E-state index is 0.447. The van der Waals surface area contributed by atoms with E-state index < -0.39 is 5.41 Å². The average molecular weight is 744 g/mol. The summed E-state index contributed by atoms with van der Waals surface area (Å²) in [7, 11) is 0. The molecule has 1 aromatic heterocycles. The molecule has 0 bridgehead atoms. The second-order valence-corrected chi connectivity index (χ2v) is 15.4. The van der Waals surface area contributed by atoms with Gasteiger partial charge in [0.2, 0.25) is 0 Å². The van der Waals surface area contributed by atoms with Gasteiger partial charge in [0, 0.05) is 16.7 Å². The largest absolute Gasteiger partial charge is 0.208 e. The van der Waals surface area contributed by atoms with Crippen LogP contribution in [0.2, 0.25) is 0 Å². The van der Waals surface area contributed by atoms with E-state index in [0.717, 1.165) is 23.1 Å². The molecule has 1 aliphatic carbocycles. The lowest BCUT2D eigenvalue weighted by molar-refractivity contribution is 0.768. The van der Waals surface area contributed by atoms with Crippen LogP contribution in [-0.4, -0.2) is 15.0 Å². The number of fused-ring (bicyclic) bond motifs is 3. The maximum atomic E-state index is 4.99. The maximum Gasteiger partial charge on any atom is 0.164 e.